The third-order valence-corrected chi connectivity index (χ3v) is 4.56. The molecular weight excluding hydrogens is 314 g/mol. The number of halogens is 1. The van der Waals surface area contributed by atoms with Gasteiger partial charge in [0.05, 0.1) is 5.02 Å². The first-order valence-electron chi connectivity index (χ1n) is 6.38. The highest BCUT2D eigenvalue weighted by molar-refractivity contribution is 7.99. The molecule has 0 amide bonds. The van der Waals surface area contributed by atoms with Gasteiger partial charge >= 0.3 is 5.97 Å². The van der Waals surface area contributed by atoms with Crippen LogP contribution in [0.15, 0.2) is 28.8 Å². The molecule has 1 unspecified atom stereocenters. The van der Waals surface area contributed by atoms with Crippen LogP contribution in [0.3, 0.4) is 0 Å². The molecule has 0 spiro atoms. The summed E-state index contributed by atoms with van der Waals surface area (Å²) in [6, 6.07) is 6.62. The number of carboxylic acid groups (broad SMARTS) is 1. The standard InChI is InChI=1S/C14H12ClNO4S/c15-10-5-8(11-6-13(14(17)18)20-16-11)1-2-12(10)19-9-3-4-21-7-9/h1-2,5-6,9H,3-4,7H2,(H,17,18). The quantitative estimate of drug-likeness (QED) is 0.926. The van der Waals surface area contributed by atoms with E-state index in [1.807, 2.05) is 11.8 Å². The van der Waals surface area contributed by atoms with E-state index in [9.17, 15) is 4.79 Å². The van der Waals surface area contributed by atoms with Crippen LogP contribution in [0.1, 0.15) is 17.0 Å². The van der Waals surface area contributed by atoms with Gasteiger partial charge in [-0.25, -0.2) is 4.79 Å². The van der Waals surface area contributed by atoms with Gasteiger partial charge in [-0.3, -0.25) is 0 Å². The van der Waals surface area contributed by atoms with Crippen LogP contribution in [0.25, 0.3) is 11.3 Å². The molecule has 0 aliphatic carbocycles. The summed E-state index contributed by atoms with van der Waals surface area (Å²) in [6.45, 7) is 0. The van der Waals surface area contributed by atoms with Crippen molar-refractivity contribution < 1.29 is 19.2 Å². The fraction of sp³-hybridized carbons (Fsp3) is 0.286. The molecule has 1 aliphatic heterocycles. The monoisotopic (exact) mass is 325 g/mol. The van der Waals surface area contributed by atoms with Gasteiger partial charge in [-0.2, -0.15) is 11.8 Å². The van der Waals surface area contributed by atoms with E-state index in [1.54, 1.807) is 18.2 Å². The van der Waals surface area contributed by atoms with Crippen molar-refractivity contribution in [3.05, 3.63) is 35.0 Å². The number of hydrogen-bond donors (Lipinski definition) is 1. The average Bonchev–Trinajstić information content (AvgIpc) is 3.12. The number of nitrogens with zero attached hydrogens (tertiary/aromatic N) is 1. The van der Waals surface area contributed by atoms with E-state index in [1.165, 1.54) is 6.07 Å². The molecule has 1 aromatic carbocycles. The molecule has 21 heavy (non-hydrogen) atoms. The number of aromatic carboxylic acids is 1. The number of carboxylic acids is 1. The van der Waals surface area contributed by atoms with Gasteiger partial charge < -0.3 is 14.4 Å². The predicted molar refractivity (Wildman–Crippen MR) is 80.3 cm³/mol. The molecule has 5 nitrogen and oxygen atoms in total. The summed E-state index contributed by atoms with van der Waals surface area (Å²) >= 11 is 8.09. The summed E-state index contributed by atoms with van der Waals surface area (Å²) < 4.78 is 10.6. The second-order valence-electron chi connectivity index (χ2n) is 4.63. The molecule has 0 radical (unpaired) electrons. The molecule has 110 valence electrons. The fourth-order valence-corrected chi connectivity index (χ4v) is 3.37. The zero-order valence-electron chi connectivity index (χ0n) is 10.9. The van der Waals surface area contributed by atoms with E-state index in [-0.39, 0.29) is 11.9 Å². The highest BCUT2D eigenvalue weighted by Crippen LogP contribution is 2.32. The minimum Gasteiger partial charge on any atom is -0.488 e. The highest BCUT2D eigenvalue weighted by Gasteiger charge is 2.19. The third kappa shape index (κ3) is 3.16. The van der Waals surface area contributed by atoms with Crippen LogP contribution in [0.4, 0.5) is 0 Å². The Bertz CT molecular complexity index is 667. The molecule has 3 rings (SSSR count). The van der Waals surface area contributed by atoms with Crippen LogP contribution >= 0.6 is 23.4 Å². The normalized spacial score (nSPS) is 17.9. The van der Waals surface area contributed by atoms with Crippen molar-refractivity contribution in [1.82, 2.24) is 5.16 Å². The topological polar surface area (TPSA) is 72.6 Å². The van der Waals surface area contributed by atoms with Crippen molar-refractivity contribution in [1.29, 1.82) is 0 Å². The SMILES string of the molecule is O=C(O)c1cc(-c2ccc(OC3CCSC3)c(Cl)c2)no1. The van der Waals surface area contributed by atoms with Crippen LogP contribution in [0, 0.1) is 0 Å². The number of benzene rings is 1. The molecule has 2 heterocycles. The van der Waals surface area contributed by atoms with Crippen molar-refractivity contribution in [3.63, 3.8) is 0 Å². The lowest BCUT2D eigenvalue weighted by atomic mass is 10.1. The van der Waals surface area contributed by atoms with E-state index in [0.717, 1.165) is 17.9 Å². The number of hydrogen-bond acceptors (Lipinski definition) is 5. The molecule has 1 fully saturated rings. The van der Waals surface area contributed by atoms with Crippen molar-refractivity contribution >= 4 is 29.3 Å². The van der Waals surface area contributed by atoms with Gasteiger partial charge in [0.1, 0.15) is 17.5 Å². The number of thioether (sulfide) groups is 1. The predicted octanol–water partition coefficient (Wildman–Crippen LogP) is 3.58. The molecule has 1 atom stereocenters. The van der Waals surface area contributed by atoms with Crippen LogP contribution in [0.2, 0.25) is 5.02 Å². The lowest BCUT2D eigenvalue weighted by Gasteiger charge is -2.14. The Morgan fingerprint density at radius 3 is 2.95 bits per heavy atom. The fourth-order valence-electron chi connectivity index (χ4n) is 2.05. The number of aromatic nitrogens is 1. The minimum atomic E-state index is -1.15. The molecule has 0 saturated carbocycles. The van der Waals surface area contributed by atoms with Gasteiger partial charge in [0, 0.05) is 17.4 Å². The molecule has 1 N–H and O–H groups in total. The van der Waals surface area contributed by atoms with Crippen LogP contribution < -0.4 is 4.74 Å². The van der Waals surface area contributed by atoms with Gasteiger partial charge in [0.25, 0.3) is 0 Å². The van der Waals surface area contributed by atoms with Gasteiger partial charge in [0.15, 0.2) is 0 Å². The summed E-state index contributed by atoms with van der Waals surface area (Å²) in [5.41, 5.74) is 1.11. The Kier molecular flexibility index (Phi) is 4.07. The third-order valence-electron chi connectivity index (χ3n) is 3.13. The average molecular weight is 326 g/mol. The van der Waals surface area contributed by atoms with E-state index in [2.05, 4.69) is 5.16 Å². The first-order valence-corrected chi connectivity index (χ1v) is 7.91. The van der Waals surface area contributed by atoms with Crippen LogP contribution in [-0.4, -0.2) is 33.8 Å². The summed E-state index contributed by atoms with van der Waals surface area (Å²) in [6.07, 6.45) is 1.22. The largest absolute Gasteiger partial charge is 0.488 e. The van der Waals surface area contributed by atoms with E-state index in [0.29, 0.717) is 22.0 Å². The Hall–Kier alpha value is -1.66. The maximum absolute atomic E-state index is 10.8. The number of ether oxygens (including phenoxy) is 1. The molecular formula is C14H12ClNO4S. The molecule has 1 aliphatic rings. The molecule has 1 aromatic heterocycles. The van der Waals surface area contributed by atoms with Crippen molar-refractivity contribution in [2.75, 3.05) is 11.5 Å². The Balaban J connectivity index is 1.80. The summed E-state index contributed by atoms with van der Waals surface area (Å²) in [5.74, 6) is 1.36. The molecule has 2 aromatic rings. The smallest absolute Gasteiger partial charge is 0.374 e. The lowest BCUT2D eigenvalue weighted by molar-refractivity contribution is 0.0652. The summed E-state index contributed by atoms with van der Waals surface area (Å²) in [7, 11) is 0. The van der Waals surface area contributed by atoms with E-state index in [4.69, 9.17) is 26.0 Å². The van der Waals surface area contributed by atoms with E-state index < -0.39 is 5.97 Å². The van der Waals surface area contributed by atoms with Gasteiger partial charge in [-0.15, -0.1) is 0 Å². The number of rotatable bonds is 4. The maximum atomic E-state index is 10.8. The second-order valence-corrected chi connectivity index (χ2v) is 6.19. The summed E-state index contributed by atoms with van der Waals surface area (Å²) in [5, 5.41) is 13.0. The van der Waals surface area contributed by atoms with E-state index >= 15 is 0 Å². The zero-order valence-corrected chi connectivity index (χ0v) is 12.5. The summed E-state index contributed by atoms with van der Waals surface area (Å²) in [4.78, 5) is 10.8. The van der Waals surface area contributed by atoms with Gasteiger partial charge in [0.2, 0.25) is 5.76 Å². The second kappa shape index (κ2) is 5.99. The lowest BCUT2D eigenvalue weighted by Crippen LogP contribution is -2.14. The molecule has 0 bridgehead atoms. The molecule has 1 saturated heterocycles. The van der Waals surface area contributed by atoms with Crippen LogP contribution in [0.5, 0.6) is 5.75 Å². The van der Waals surface area contributed by atoms with Crippen LogP contribution in [-0.2, 0) is 0 Å². The van der Waals surface area contributed by atoms with Crippen molar-refractivity contribution in [2.24, 2.45) is 0 Å². The Labute approximate surface area is 130 Å². The highest BCUT2D eigenvalue weighted by atomic mass is 35.5. The van der Waals surface area contributed by atoms with Crippen molar-refractivity contribution in [3.8, 4) is 17.0 Å². The zero-order chi connectivity index (χ0) is 14.8. The Morgan fingerprint density at radius 1 is 1.48 bits per heavy atom. The van der Waals surface area contributed by atoms with Crippen molar-refractivity contribution in [2.45, 2.75) is 12.5 Å². The molecule has 7 heteroatoms. The Morgan fingerprint density at radius 2 is 2.33 bits per heavy atom. The maximum Gasteiger partial charge on any atom is 0.374 e. The number of carbonyl (C=O) groups is 1. The first kappa shape index (κ1) is 14.3. The van der Waals surface area contributed by atoms with Gasteiger partial charge in [-0.05, 0) is 30.4 Å². The first-order chi connectivity index (χ1) is 10.1. The minimum absolute atomic E-state index is 0.198. The van der Waals surface area contributed by atoms with Gasteiger partial charge in [-0.1, -0.05) is 16.8 Å².